The van der Waals surface area contributed by atoms with Crippen molar-refractivity contribution in [3.8, 4) is 0 Å². The number of nitrogens with one attached hydrogen (secondary N) is 1. The number of hydrogen-bond donors (Lipinski definition) is 1. The molecule has 98 valence electrons. The third kappa shape index (κ3) is 4.89. The quantitative estimate of drug-likeness (QED) is 0.812. The van der Waals surface area contributed by atoms with Gasteiger partial charge in [-0.05, 0) is 18.8 Å². The van der Waals surface area contributed by atoms with Gasteiger partial charge in [0.2, 0.25) is 0 Å². The average Bonchev–Trinajstić information content (AvgIpc) is 2.56. The molecule has 0 amide bonds. The molecule has 5 heteroatoms. The normalized spacial score (nSPS) is 13.2. The molecule has 0 spiro atoms. The van der Waals surface area contributed by atoms with Crippen LogP contribution in [0.25, 0.3) is 0 Å². The summed E-state index contributed by atoms with van der Waals surface area (Å²) < 4.78 is 13.2. The molecule has 17 heavy (non-hydrogen) atoms. The minimum Gasteiger partial charge on any atom is -0.299 e. The molecule has 0 radical (unpaired) electrons. The lowest BCUT2D eigenvalue weighted by Gasteiger charge is -2.04. The lowest BCUT2D eigenvalue weighted by atomic mass is 10.1. The van der Waals surface area contributed by atoms with Gasteiger partial charge in [-0.25, -0.2) is 0 Å². The van der Waals surface area contributed by atoms with Gasteiger partial charge in [0.1, 0.15) is 0 Å². The van der Waals surface area contributed by atoms with Gasteiger partial charge in [-0.3, -0.25) is 18.8 Å². The maximum atomic E-state index is 11.6. The predicted octanol–water partition coefficient (Wildman–Crippen LogP) is 1.88. The van der Waals surface area contributed by atoms with Gasteiger partial charge in [0.05, 0.1) is 5.75 Å². The number of nitrogens with zero attached hydrogens (tertiary/aromatic N) is 1. The van der Waals surface area contributed by atoms with E-state index in [2.05, 4.69) is 18.9 Å². The second-order valence-corrected chi connectivity index (χ2v) is 6.32. The van der Waals surface area contributed by atoms with Gasteiger partial charge in [-0.15, -0.1) is 0 Å². The Morgan fingerprint density at radius 2 is 2.18 bits per heavy atom. The van der Waals surface area contributed by atoms with Gasteiger partial charge in [0.25, 0.3) is 5.56 Å². The highest BCUT2D eigenvalue weighted by atomic mass is 32.2. The molecule has 0 bridgehead atoms. The zero-order valence-corrected chi connectivity index (χ0v) is 11.7. The number of aryl methyl sites for hydroxylation is 1. The van der Waals surface area contributed by atoms with E-state index in [1.807, 2.05) is 6.92 Å². The van der Waals surface area contributed by atoms with Crippen molar-refractivity contribution in [2.24, 2.45) is 5.92 Å². The summed E-state index contributed by atoms with van der Waals surface area (Å²) in [5.74, 6) is 1.72. The molecule has 0 fully saturated rings. The summed E-state index contributed by atoms with van der Waals surface area (Å²) >= 11 is 0. The highest BCUT2D eigenvalue weighted by molar-refractivity contribution is 7.84. The van der Waals surface area contributed by atoms with Crippen molar-refractivity contribution < 1.29 is 4.21 Å². The highest BCUT2D eigenvalue weighted by Crippen LogP contribution is 2.02. The van der Waals surface area contributed by atoms with Crippen LogP contribution in [0.3, 0.4) is 0 Å². The Balaban J connectivity index is 2.61. The topological polar surface area (TPSA) is 54.9 Å². The smallest absolute Gasteiger partial charge is 0.266 e. The summed E-state index contributed by atoms with van der Waals surface area (Å²) in [6.45, 7) is 6.97. The van der Waals surface area contributed by atoms with E-state index in [1.54, 1.807) is 10.7 Å². The Morgan fingerprint density at radius 3 is 2.76 bits per heavy atom. The van der Waals surface area contributed by atoms with Crippen LogP contribution >= 0.6 is 0 Å². The Kier molecular flexibility index (Phi) is 5.68. The van der Waals surface area contributed by atoms with Gasteiger partial charge < -0.3 is 0 Å². The highest BCUT2D eigenvalue weighted by Gasteiger charge is 2.07. The van der Waals surface area contributed by atoms with Crippen LogP contribution < -0.4 is 5.56 Å². The van der Waals surface area contributed by atoms with Crippen LogP contribution in [0.2, 0.25) is 0 Å². The molecular formula is C12H22N2O2S. The predicted molar refractivity (Wildman–Crippen MR) is 71.5 cm³/mol. The summed E-state index contributed by atoms with van der Waals surface area (Å²) in [4.78, 5) is 11.6. The van der Waals surface area contributed by atoms with Gasteiger partial charge in [-0.1, -0.05) is 20.8 Å². The maximum absolute atomic E-state index is 11.6. The SMILES string of the molecule is CCCS(=O)Cc1cc(=O)n(CCC(C)C)[nH]1. The van der Waals surface area contributed by atoms with Crippen LogP contribution in [0.5, 0.6) is 0 Å². The largest absolute Gasteiger partial charge is 0.299 e. The molecule has 1 atom stereocenters. The summed E-state index contributed by atoms with van der Waals surface area (Å²) in [6, 6.07) is 1.56. The lowest BCUT2D eigenvalue weighted by Crippen LogP contribution is -2.16. The van der Waals surface area contributed by atoms with Crippen LogP contribution in [0, 0.1) is 5.92 Å². The molecular weight excluding hydrogens is 236 g/mol. The number of rotatable bonds is 7. The fourth-order valence-corrected chi connectivity index (χ4v) is 2.68. The average molecular weight is 258 g/mol. The molecule has 1 rings (SSSR count). The number of hydrogen-bond acceptors (Lipinski definition) is 2. The molecule has 1 heterocycles. The number of H-pyrrole nitrogens is 1. The second-order valence-electron chi connectivity index (χ2n) is 4.74. The third-order valence-electron chi connectivity index (χ3n) is 2.52. The van der Waals surface area contributed by atoms with Crippen molar-refractivity contribution in [3.63, 3.8) is 0 Å². The van der Waals surface area contributed by atoms with Crippen LogP contribution in [0.15, 0.2) is 10.9 Å². The van der Waals surface area contributed by atoms with Crippen molar-refractivity contribution in [2.45, 2.75) is 45.9 Å². The molecule has 0 saturated heterocycles. The van der Waals surface area contributed by atoms with E-state index >= 15 is 0 Å². The minimum absolute atomic E-state index is 0.0193. The van der Waals surface area contributed by atoms with Gasteiger partial charge in [-0.2, -0.15) is 0 Å². The number of aromatic amines is 1. The minimum atomic E-state index is -0.862. The number of aromatic nitrogens is 2. The first-order valence-electron chi connectivity index (χ1n) is 6.16. The van der Waals surface area contributed by atoms with Crippen molar-refractivity contribution >= 4 is 10.8 Å². The molecule has 4 nitrogen and oxygen atoms in total. The lowest BCUT2D eigenvalue weighted by molar-refractivity contribution is 0.477. The van der Waals surface area contributed by atoms with E-state index in [1.165, 1.54) is 0 Å². The van der Waals surface area contributed by atoms with Crippen molar-refractivity contribution in [2.75, 3.05) is 5.75 Å². The van der Waals surface area contributed by atoms with Crippen LogP contribution in [0.4, 0.5) is 0 Å². The van der Waals surface area contributed by atoms with Crippen molar-refractivity contribution in [3.05, 3.63) is 22.1 Å². The Hall–Kier alpha value is -0.840. The van der Waals surface area contributed by atoms with E-state index < -0.39 is 10.8 Å². The van der Waals surface area contributed by atoms with Crippen LogP contribution in [-0.2, 0) is 23.1 Å². The Morgan fingerprint density at radius 1 is 1.47 bits per heavy atom. The molecule has 0 aliphatic rings. The van der Waals surface area contributed by atoms with Crippen molar-refractivity contribution in [1.82, 2.24) is 9.78 Å². The zero-order chi connectivity index (χ0) is 12.8. The summed E-state index contributed by atoms with van der Waals surface area (Å²) in [7, 11) is -0.862. The molecule has 1 aromatic heterocycles. The van der Waals surface area contributed by atoms with Gasteiger partial charge in [0.15, 0.2) is 0 Å². The van der Waals surface area contributed by atoms with E-state index in [4.69, 9.17) is 0 Å². The van der Waals surface area contributed by atoms with Crippen molar-refractivity contribution in [1.29, 1.82) is 0 Å². The maximum Gasteiger partial charge on any atom is 0.266 e. The standard InChI is InChI=1S/C12H22N2O2S/c1-4-7-17(16)9-11-8-12(15)14(13-11)6-5-10(2)3/h8,10,13H,4-7,9H2,1-3H3. The fraction of sp³-hybridized carbons (Fsp3) is 0.750. The van der Waals surface area contributed by atoms with E-state index in [0.29, 0.717) is 24.0 Å². The molecule has 0 aliphatic carbocycles. The molecule has 1 N–H and O–H groups in total. The summed E-state index contributed by atoms with van der Waals surface area (Å²) in [5, 5.41) is 3.04. The van der Waals surface area contributed by atoms with Gasteiger partial charge >= 0.3 is 0 Å². The van der Waals surface area contributed by atoms with E-state index in [9.17, 15) is 9.00 Å². The second kappa shape index (κ2) is 6.79. The molecule has 1 aromatic rings. The first-order chi connectivity index (χ1) is 8.02. The first kappa shape index (κ1) is 14.2. The van der Waals surface area contributed by atoms with Crippen LogP contribution in [-0.4, -0.2) is 19.7 Å². The Labute approximate surface area is 105 Å². The molecule has 0 aromatic carbocycles. The summed E-state index contributed by atoms with van der Waals surface area (Å²) in [6.07, 6.45) is 1.88. The zero-order valence-electron chi connectivity index (χ0n) is 10.9. The molecule has 0 aliphatic heterocycles. The van der Waals surface area contributed by atoms with Gasteiger partial charge in [0, 0.05) is 34.9 Å². The molecule has 1 unspecified atom stereocenters. The monoisotopic (exact) mass is 258 g/mol. The fourth-order valence-electron chi connectivity index (χ4n) is 1.59. The summed E-state index contributed by atoms with van der Waals surface area (Å²) in [5.41, 5.74) is 0.764. The molecule has 0 saturated carbocycles. The third-order valence-corrected chi connectivity index (χ3v) is 4.02. The van der Waals surface area contributed by atoms with Crippen LogP contribution in [0.1, 0.15) is 39.3 Å². The van der Waals surface area contributed by atoms with E-state index in [0.717, 1.165) is 18.5 Å². The van der Waals surface area contributed by atoms with E-state index in [-0.39, 0.29) is 5.56 Å². The first-order valence-corrected chi connectivity index (χ1v) is 7.65. The Bertz CT molecular complexity index is 420.